The van der Waals surface area contributed by atoms with E-state index in [1.54, 1.807) is 31.2 Å². The largest absolute Gasteiger partial charge is 0.508 e. The number of nitrogens with zero attached hydrogens (tertiary/aromatic N) is 1. The summed E-state index contributed by atoms with van der Waals surface area (Å²) in [5, 5.41) is 21.2. The Morgan fingerprint density at radius 3 is 2.22 bits per heavy atom. The molecule has 9 nitrogen and oxygen atoms in total. The minimum atomic E-state index is -1.04. The number of ether oxygens (including phenoxy) is 3. The molecule has 0 saturated carbocycles. The summed E-state index contributed by atoms with van der Waals surface area (Å²) in [4.78, 5) is 40.0. The molecule has 1 unspecified atom stereocenters. The van der Waals surface area contributed by atoms with E-state index in [1.807, 2.05) is 0 Å². The number of esters is 1. The van der Waals surface area contributed by atoms with E-state index in [4.69, 9.17) is 14.2 Å². The average molecular weight is 504 g/mol. The van der Waals surface area contributed by atoms with Crippen molar-refractivity contribution in [3.63, 3.8) is 0 Å². The zero-order valence-corrected chi connectivity index (χ0v) is 20.4. The highest BCUT2D eigenvalue weighted by atomic mass is 16.5. The van der Waals surface area contributed by atoms with Crippen molar-refractivity contribution in [2.45, 2.75) is 13.0 Å². The maximum absolute atomic E-state index is 13.4. The molecule has 0 radical (unpaired) electrons. The number of hydrogen-bond acceptors (Lipinski definition) is 8. The van der Waals surface area contributed by atoms with Crippen LogP contribution in [-0.4, -0.2) is 48.7 Å². The highest BCUT2D eigenvalue weighted by Crippen LogP contribution is 2.44. The van der Waals surface area contributed by atoms with Crippen molar-refractivity contribution in [2.75, 3.05) is 25.7 Å². The number of aliphatic hydroxyl groups is 1. The fraction of sp³-hybridized carbons (Fsp3) is 0.179. The SMILES string of the molecule is CCOC(=O)c1ccc(N2C(=O)C(=O)/C(=C(/O)c3cc(OC)ccc3OC)C2c2ccc(O)cc2)cc1. The molecule has 0 spiro atoms. The van der Waals surface area contributed by atoms with Crippen LogP contribution in [0.4, 0.5) is 5.69 Å². The number of rotatable bonds is 7. The van der Waals surface area contributed by atoms with Gasteiger partial charge in [0, 0.05) is 5.69 Å². The first-order valence-corrected chi connectivity index (χ1v) is 11.4. The number of phenolic OH excluding ortho intramolecular Hbond substituents is 1. The van der Waals surface area contributed by atoms with Crippen LogP contribution in [0.1, 0.15) is 34.5 Å². The van der Waals surface area contributed by atoms with Crippen LogP contribution in [0, 0.1) is 0 Å². The molecule has 0 aliphatic carbocycles. The number of aromatic hydroxyl groups is 1. The molecule has 1 aliphatic rings. The lowest BCUT2D eigenvalue weighted by Gasteiger charge is -2.25. The molecule has 0 bridgehead atoms. The Labute approximate surface area is 213 Å². The molecule has 1 aliphatic heterocycles. The molecule has 4 rings (SSSR count). The van der Waals surface area contributed by atoms with Crippen LogP contribution in [0.2, 0.25) is 0 Å². The van der Waals surface area contributed by atoms with E-state index in [2.05, 4.69) is 0 Å². The number of ketones is 1. The number of amides is 1. The molecular formula is C28H25NO8. The van der Waals surface area contributed by atoms with Gasteiger partial charge in [-0.1, -0.05) is 12.1 Å². The number of carbonyl (C=O) groups excluding carboxylic acids is 3. The predicted octanol–water partition coefficient (Wildman–Crippen LogP) is 4.21. The molecule has 37 heavy (non-hydrogen) atoms. The fourth-order valence-electron chi connectivity index (χ4n) is 4.19. The van der Waals surface area contributed by atoms with Crippen molar-refractivity contribution in [1.29, 1.82) is 0 Å². The zero-order valence-electron chi connectivity index (χ0n) is 20.4. The van der Waals surface area contributed by atoms with Gasteiger partial charge in [0.15, 0.2) is 0 Å². The zero-order chi connectivity index (χ0) is 26.7. The van der Waals surface area contributed by atoms with Crippen LogP contribution < -0.4 is 14.4 Å². The number of phenols is 1. The van der Waals surface area contributed by atoms with Gasteiger partial charge in [0.25, 0.3) is 11.7 Å². The van der Waals surface area contributed by atoms with Crippen LogP contribution in [0.15, 0.2) is 72.3 Å². The van der Waals surface area contributed by atoms with Crippen molar-refractivity contribution < 1.29 is 38.8 Å². The quantitative estimate of drug-likeness (QED) is 0.213. The molecule has 1 heterocycles. The number of carbonyl (C=O) groups is 3. The van der Waals surface area contributed by atoms with Crippen LogP contribution >= 0.6 is 0 Å². The number of benzene rings is 3. The summed E-state index contributed by atoms with van der Waals surface area (Å²) in [6, 6.07) is 15.7. The van der Waals surface area contributed by atoms with Crippen molar-refractivity contribution in [2.24, 2.45) is 0 Å². The Balaban J connectivity index is 1.90. The van der Waals surface area contributed by atoms with E-state index < -0.39 is 29.5 Å². The summed E-state index contributed by atoms with van der Waals surface area (Å²) in [6.45, 7) is 1.91. The van der Waals surface area contributed by atoms with Gasteiger partial charge in [0.05, 0.1) is 43.6 Å². The summed E-state index contributed by atoms with van der Waals surface area (Å²) in [5.74, 6) is -2.07. The second-order valence-corrected chi connectivity index (χ2v) is 8.09. The second-order valence-electron chi connectivity index (χ2n) is 8.09. The Morgan fingerprint density at radius 2 is 1.62 bits per heavy atom. The summed E-state index contributed by atoms with van der Waals surface area (Å²) in [7, 11) is 2.88. The van der Waals surface area contributed by atoms with Gasteiger partial charge < -0.3 is 24.4 Å². The standard InChI is InChI=1S/C28H25NO8/c1-4-37-28(34)17-5-9-18(10-6-17)29-24(16-7-11-19(30)12-8-16)23(26(32)27(29)33)25(31)21-15-20(35-2)13-14-22(21)36-3/h5-15,24,30-31H,4H2,1-3H3/b25-23+. The van der Waals surface area contributed by atoms with Crippen LogP contribution in [-0.2, 0) is 14.3 Å². The number of Topliss-reactive ketones (excluding diaryl/α,β-unsaturated/α-hetero) is 1. The minimum absolute atomic E-state index is 0.00560. The lowest BCUT2D eigenvalue weighted by molar-refractivity contribution is -0.132. The summed E-state index contributed by atoms with van der Waals surface area (Å²) >= 11 is 0. The second kappa shape index (κ2) is 10.4. The van der Waals surface area contributed by atoms with Gasteiger partial charge in [-0.3, -0.25) is 14.5 Å². The summed E-state index contributed by atoms with van der Waals surface area (Å²) < 4.78 is 15.6. The predicted molar refractivity (Wildman–Crippen MR) is 135 cm³/mol. The van der Waals surface area contributed by atoms with E-state index >= 15 is 0 Å². The van der Waals surface area contributed by atoms with Crippen molar-refractivity contribution in [1.82, 2.24) is 0 Å². The Kier molecular flexibility index (Phi) is 7.15. The van der Waals surface area contributed by atoms with Crippen LogP contribution in [0.25, 0.3) is 5.76 Å². The number of methoxy groups -OCH3 is 2. The van der Waals surface area contributed by atoms with Gasteiger partial charge >= 0.3 is 5.97 Å². The first-order chi connectivity index (χ1) is 17.8. The monoisotopic (exact) mass is 503 g/mol. The minimum Gasteiger partial charge on any atom is -0.508 e. The van der Waals surface area contributed by atoms with Crippen LogP contribution in [0.3, 0.4) is 0 Å². The lowest BCUT2D eigenvalue weighted by Crippen LogP contribution is -2.29. The average Bonchev–Trinajstić information content (AvgIpc) is 3.18. The summed E-state index contributed by atoms with van der Waals surface area (Å²) in [6.07, 6.45) is 0. The van der Waals surface area contributed by atoms with Gasteiger partial charge in [0.2, 0.25) is 0 Å². The molecule has 1 fully saturated rings. The Bertz CT molecular complexity index is 1380. The van der Waals surface area contributed by atoms with Gasteiger partial charge in [0.1, 0.15) is 23.0 Å². The molecule has 1 amide bonds. The molecule has 9 heteroatoms. The molecule has 190 valence electrons. The van der Waals surface area contributed by atoms with E-state index in [-0.39, 0.29) is 34.8 Å². The third-order valence-electron chi connectivity index (χ3n) is 5.97. The van der Waals surface area contributed by atoms with E-state index in [0.29, 0.717) is 17.0 Å². The summed E-state index contributed by atoms with van der Waals surface area (Å²) in [5.41, 5.74) is 1.07. The molecule has 3 aromatic rings. The number of hydrogen-bond donors (Lipinski definition) is 2. The van der Waals surface area contributed by atoms with Gasteiger partial charge in [-0.25, -0.2) is 4.79 Å². The van der Waals surface area contributed by atoms with E-state index in [9.17, 15) is 24.6 Å². The Hall–Kier alpha value is -4.79. The lowest BCUT2D eigenvalue weighted by atomic mass is 9.94. The molecule has 2 N–H and O–H groups in total. The van der Waals surface area contributed by atoms with Gasteiger partial charge in [-0.15, -0.1) is 0 Å². The maximum atomic E-state index is 13.4. The highest BCUT2D eigenvalue weighted by Gasteiger charge is 2.47. The Morgan fingerprint density at radius 1 is 0.946 bits per heavy atom. The molecular weight excluding hydrogens is 478 g/mol. The third kappa shape index (κ3) is 4.71. The van der Waals surface area contributed by atoms with Gasteiger partial charge in [-0.2, -0.15) is 0 Å². The van der Waals surface area contributed by atoms with Gasteiger partial charge in [-0.05, 0) is 67.1 Å². The maximum Gasteiger partial charge on any atom is 0.338 e. The molecule has 1 saturated heterocycles. The first-order valence-electron chi connectivity index (χ1n) is 11.4. The smallest absolute Gasteiger partial charge is 0.338 e. The fourth-order valence-corrected chi connectivity index (χ4v) is 4.19. The van der Waals surface area contributed by atoms with Crippen molar-refractivity contribution >= 4 is 29.1 Å². The van der Waals surface area contributed by atoms with E-state index in [0.717, 1.165) is 0 Å². The van der Waals surface area contributed by atoms with Crippen molar-refractivity contribution in [3.05, 3.63) is 89.0 Å². The van der Waals surface area contributed by atoms with Crippen LogP contribution in [0.5, 0.6) is 17.2 Å². The molecule has 0 aromatic heterocycles. The highest BCUT2D eigenvalue weighted by molar-refractivity contribution is 6.51. The van der Waals surface area contributed by atoms with Crippen molar-refractivity contribution in [3.8, 4) is 17.2 Å². The first kappa shape index (κ1) is 25.3. The molecule has 1 atom stereocenters. The number of anilines is 1. The number of aliphatic hydroxyl groups excluding tert-OH is 1. The third-order valence-corrected chi connectivity index (χ3v) is 5.97. The molecule has 3 aromatic carbocycles. The topological polar surface area (TPSA) is 123 Å². The van der Waals surface area contributed by atoms with E-state index in [1.165, 1.54) is 61.6 Å². The normalized spacial score (nSPS) is 16.5.